The average molecular weight is 274 g/mol. The molecule has 0 bridgehead atoms. The van der Waals surface area contributed by atoms with E-state index < -0.39 is 0 Å². The van der Waals surface area contributed by atoms with Crippen LogP contribution in [0.5, 0.6) is 0 Å². The fourth-order valence-electron chi connectivity index (χ4n) is 3.27. The molecule has 1 aliphatic heterocycles. The number of nitrogens with one attached hydrogen (secondary N) is 1. The van der Waals surface area contributed by atoms with E-state index in [1.165, 1.54) is 49.8 Å². The second kappa shape index (κ2) is 8.43. The molecule has 1 N–H and O–H groups in total. The Kier molecular flexibility index (Phi) is 6.55. The monoisotopic (exact) mass is 274 g/mol. The standard InChI is InChI=1S/C18H30N2/c1-3-18-12-6-5-9-13-20(18)15-17-11-8-7-10-16(17)14-19-4-2/h7-8,10-11,18-19H,3-6,9,12-15H2,1-2H3. The van der Waals surface area contributed by atoms with Crippen LogP contribution in [-0.2, 0) is 13.1 Å². The molecule has 1 unspecified atom stereocenters. The zero-order valence-electron chi connectivity index (χ0n) is 13.2. The van der Waals surface area contributed by atoms with Crippen LogP contribution in [-0.4, -0.2) is 24.0 Å². The van der Waals surface area contributed by atoms with Crippen LogP contribution < -0.4 is 5.32 Å². The summed E-state index contributed by atoms with van der Waals surface area (Å²) in [4.78, 5) is 2.72. The lowest BCUT2D eigenvalue weighted by Crippen LogP contribution is -2.34. The van der Waals surface area contributed by atoms with Gasteiger partial charge in [0.1, 0.15) is 0 Å². The minimum absolute atomic E-state index is 0.782. The minimum Gasteiger partial charge on any atom is -0.313 e. The second-order valence-corrected chi connectivity index (χ2v) is 5.93. The van der Waals surface area contributed by atoms with Gasteiger partial charge >= 0.3 is 0 Å². The molecule has 0 radical (unpaired) electrons. The second-order valence-electron chi connectivity index (χ2n) is 5.93. The summed E-state index contributed by atoms with van der Waals surface area (Å²) in [6.45, 7) is 8.94. The Morgan fingerprint density at radius 2 is 1.90 bits per heavy atom. The third kappa shape index (κ3) is 4.32. The van der Waals surface area contributed by atoms with E-state index in [2.05, 4.69) is 48.3 Å². The lowest BCUT2D eigenvalue weighted by atomic mass is 10.0. The lowest BCUT2D eigenvalue weighted by molar-refractivity contribution is 0.185. The number of likely N-dealkylation sites (tertiary alicyclic amines) is 1. The Labute approximate surface area is 124 Å². The third-order valence-corrected chi connectivity index (χ3v) is 4.53. The Hall–Kier alpha value is -0.860. The maximum Gasteiger partial charge on any atom is 0.0239 e. The zero-order chi connectivity index (χ0) is 14.2. The maximum absolute atomic E-state index is 3.46. The van der Waals surface area contributed by atoms with Gasteiger partial charge in [-0.2, -0.15) is 0 Å². The van der Waals surface area contributed by atoms with Gasteiger partial charge < -0.3 is 5.32 Å². The van der Waals surface area contributed by atoms with E-state index in [-0.39, 0.29) is 0 Å². The van der Waals surface area contributed by atoms with Gasteiger partial charge in [0.15, 0.2) is 0 Å². The highest BCUT2D eigenvalue weighted by molar-refractivity contribution is 5.27. The molecule has 1 fully saturated rings. The van der Waals surface area contributed by atoms with Crippen molar-refractivity contribution in [3.63, 3.8) is 0 Å². The number of rotatable bonds is 6. The zero-order valence-corrected chi connectivity index (χ0v) is 13.2. The molecule has 1 atom stereocenters. The number of benzene rings is 1. The van der Waals surface area contributed by atoms with Gasteiger partial charge in [0.2, 0.25) is 0 Å². The molecule has 1 aromatic rings. The van der Waals surface area contributed by atoms with Crippen LogP contribution in [0, 0.1) is 0 Å². The molecule has 1 aromatic carbocycles. The molecule has 2 heteroatoms. The van der Waals surface area contributed by atoms with Crippen molar-refractivity contribution >= 4 is 0 Å². The molecule has 1 saturated heterocycles. The molecule has 2 nitrogen and oxygen atoms in total. The Bertz CT molecular complexity index is 389. The summed E-state index contributed by atoms with van der Waals surface area (Å²) in [6, 6.07) is 9.71. The van der Waals surface area contributed by atoms with Gasteiger partial charge in [0.25, 0.3) is 0 Å². The van der Waals surface area contributed by atoms with Crippen LogP contribution in [0.3, 0.4) is 0 Å². The first-order valence-corrected chi connectivity index (χ1v) is 8.36. The SMILES string of the molecule is CCNCc1ccccc1CN1CCCCCC1CC. The van der Waals surface area contributed by atoms with Crippen molar-refractivity contribution in [2.75, 3.05) is 13.1 Å². The molecule has 0 saturated carbocycles. The van der Waals surface area contributed by atoms with E-state index in [1.807, 2.05) is 0 Å². The first kappa shape index (κ1) is 15.5. The van der Waals surface area contributed by atoms with Gasteiger partial charge in [0.05, 0.1) is 0 Å². The molecule has 20 heavy (non-hydrogen) atoms. The van der Waals surface area contributed by atoms with Crippen LogP contribution in [0.1, 0.15) is 57.1 Å². The largest absolute Gasteiger partial charge is 0.313 e. The van der Waals surface area contributed by atoms with Crippen molar-refractivity contribution in [3.8, 4) is 0 Å². The predicted octanol–water partition coefficient (Wildman–Crippen LogP) is 3.95. The average Bonchev–Trinajstić information content (AvgIpc) is 2.71. The Balaban J connectivity index is 2.06. The van der Waals surface area contributed by atoms with Gasteiger partial charge in [0, 0.05) is 19.1 Å². The summed E-state index contributed by atoms with van der Waals surface area (Å²) in [5.74, 6) is 0. The van der Waals surface area contributed by atoms with Crippen LogP contribution in [0.25, 0.3) is 0 Å². The van der Waals surface area contributed by atoms with Crippen LogP contribution >= 0.6 is 0 Å². The molecular formula is C18H30N2. The number of hydrogen-bond acceptors (Lipinski definition) is 2. The van der Waals surface area contributed by atoms with Crippen molar-refractivity contribution in [1.82, 2.24) is 10.2 Å². The van der Waals surface area contributed by atoms with Crippen molar-refractivity contribution in [2.24, 2.45) is 0 Å². The summed E-state index contributed by atoms with van der Waals surface area (Å²) in [6.07, 6.45) is 6.85. The highest BCUT2D eigenvalue weighted by atomic mass is 15.2. The first-order chi connectivity index (χ1) is 9.85. The van der Waals surface area contributed by atoms with Crippen LogP contribution in [0.2, 0.25) is 0 Å². The van der Waals surface area contributed by atoms with E-state index in [0.717, 1.165) is 25.7 Å². The molecule has 0 aromatic heterocycles. The van der Waals surface area contributed by atoms with E-state index in [1.54, 1.807) is 0 Å². The predicted molar refractivity (Wildman–Crippen MR) is 86.8 cm³/mol. The Morgan fingerprint density at radius 3 is 2.65 bits per heavy atom. The van der Waals surface area contributed by atoms with Gasteiger partial charge in [-0.15, -0.1) is 0 Å². The molecule has 0 aliphatic carbocycles. The molecule has 0 amide bonds. The highest BCUT2D eigenvalue weighted by Gasteiger charge is 2.20. The van der Waals surface area contributed by atoms with Gasteiger partial charge in [-0.25, -0.2) is 0 Å². The summed E-state index contributed by atoms with van der Waals surface area (Å²) in [7, 11) is 0. The van der Waals surface area contributed by atoms with Gasteiger partial charge in [-0.05, 0) is 43.5 Å². The molecule has 1 heterocycles. The first-order valence-electron chi connectivity index (χ1n) is 8.36. The van der Waals surface area contributed by atoms with Crippen molar-refractivity contribution in [2.45, 2.75) is 65.1 Å². The number of nitrogens with zero attached hydrogens (tertiary/aromatic N) is 1. The molecular weight excluding hydrogens is 244 g/mol. The highest BCUT2D eigenvalue weighted by Crippen LogP contribution is 2.22. The maximum atomic E-state index is 3.46. The van der Waals surface area contributed by atoms with E-state index in [9.17, 15) is 0 Å². The smallest absolute Gasteiger partial charge is 0.0239 e. The number of hydrogen-bond donors (Lipinski definition) is 1. The Morgan fingerprint density at radius 1 is 1.10 bits per heavy atom. The third-order valence-electron chi connectivity index (χ3n) is 4.53. The van der Waals surface area contributed by atoms with Crippen molar-refractivity contribution < 1.29 is 0 Å². The molecule has 1 aliphatic rings. The molecule has 0 spiro atoms. The molecule has 112 valence electrons. The normalized spacial score (nSPS) is 20.8. The topological polar surface area (TPSA) is 15.3 Å². The summed E-state index contributed by atoms with van der Waals surface area (Å²) in [5, 5.41) is 3.46. The van der Waals surface area contributed by atoms with Crippen molar-refractivity contribution in [1.29, 1.82) is 0 Å². The van der Waals surface area contributed by atoms with Crippen LogP contribution in [0.4, 0.5) is 0 Å². The molecule has 2 rings (SSSR count). The van der Waals surface area contributed by atoms with Crippen LogP contribution in [0.15, 0.2) is 24.3 Å². The summed E-state index contributed by atoms with van der Waals surface area (Å²) < 4.78 is 0. The van der Waals surface area contributed by atoms with Gasteiger partial charge in [-0.3, -0.25) is 4.90 Å². The van der Waals surface area contributed by atoms with Gasteiger partial charge in [-0.1, -0.05) is 51.0 Å². The van der Waals surface area contributed by atoms with E-state index >= 15 is 0 Å². The fraction of sp³-hybridized carbons (Fsp3) is 0.667. The summed E-state index contributed by atoms with van der Waals surface area (Å²) >= 11 is 0. The lowest BCUT2D eigenvalue weighted by Gasteiger charge is -2.30. The summed E-state index contributed by atoms with van der Waals surface area (Å²) in [5.41, 5.74) is 2.97. The minimum atomic E-state index is 0.782. The fourth-order valence-corrected chi connectivity index (χ4v) is 3.27. The van der Waals surface area contributed by atoms with E-state index in [0.29, 0.717) is 0 Å². The van der Waals surface area contributed by atoms with Crippen molar-refractivity contribution in [3.05, 3.63) is 35.4 Å². The van der Waals surface area contributed by atoms with E-state index in [4.69, 9.17) is 0 Å². The quantitative estimate of drug-likeness (QED) is 0.845.